The molecule has 3 aromatic rings. The lowest BCUT2D eigenvalue weighted by atomic mass is 9.98. The second-order valence-corrected chi connectivity index (χ2v) is 7.61. The predicted octanol–water partition coefficient (Wildman–Crippen LogP) is 4.65. The minimum atomic E-state index is -3.24. The summed E-state index contributed by atoms with van der Waals surface area (Å²) in [5, 5.41) is 20.5. The summed E-state index contributed by atoms with van der Waals surface area (Å²) in [6.45, 7) is -1.17. The van der Waals surface area contributed by atoms with Crippen LogP contribution in [0.4, 0.5) is 18.9 Å². The normalized spacial score (nSPS) is 15.2. The average Bonchev–Trinajstić information content (AvgIpc) is 3.04. The van der Waals surface area contributed by atoms with E-state index in [9.17, 15) is 27.9 Å². The van der Waals surface area contributed by atoms with Crippen molar-refractivity contribution in [3.05, 3.63) is 65.0 Å². The Morgan fingerprint density at radius 3 is 2.41 bits per heavy atom. The molecule has 3 aromatic carbocycles. The number of benzene rings is 3. The molecule has 0 saturated heterocycles. The summed E-state index contributed by atoms with van der Waals surface area (Å²) in [7, 11) is 0. The van der Waals surface area contributed by atoms with Crippen LogP contribution in [0.3, 0.4) is 0 Å². The minimum absolute atomic E-state index is 0.0890. The number of aliphatic hydroxyl groups excluding tert-OH is 1. The van der Waals surface area contributed by atoms with Crippen molar-refractivity contribution in [3.63, 3.8) is 0 Å². The van der Waals surface area contributed by atoms with E-state index in [0.717, 1.165) is 11.0 Å². The van der Waals surface area contributed by atoms with Gasteiger partial charge in [-0.3, -0.25) is 14.5 Å². The number of carbonyl (C=O) groups is 2. The highest BCUT2D eigenvalue weighted by atomic mass is 19.3. The van der Waals surface area contributed by atoms with E-state index in [1.807, 2.05) is 6.92 Å². The summed E-state index contributed by atoms with van der Waals surface area (Å²) in [4.78, 5) is 25.2. The maximum atomic E-state index is 14.5. The Balaban J connectivity index is 1.92. The van der Waals surface area contributed by atoms with Gasteiger partial charge in [-0.1, -0.05) is 37.3 Å². The van der Waals surface area contributed by atoms with E-state index in [4.69, 9.17) is 14.6 Å². The van der Waals surface area contributed by atoms with Gasteiger partial charge in [-0.05, 0) is 24.1 Å². The van der Waals surface area contributed by atoms with Gasteiger partial charge >= 0.3 is 12.6 Å². The highest BCUT2D eigenvalue weighted by molar-refractivity contribution is 6.17. The van der Waals surface area contributed by atoms with Crippen LogP contribution in [-0.4, -0.2) is 35.3 Å². The first-order valence-corrected chi connectivity index (χ1v) is 10.4. The maximum Gasteiger partial charge on any atom is 0.387 e. The number of nitrogens with zero attached hydrogens (tertiary/aromatic N) is 1. The molecule has 0 saturated carbocycles. The van der Waals surface area contributed by atoms with E-state index < -0.39 is 37.0 Å². The fraction of sp³-hybridized carbons (Fsp3) is 0.250. The smallest absolute Gasteiger partial charge is 0.387 e. The third-order valence-electron chi connectivity index (χ3n) is 5.41. The number of alkyl halides is 2. The van der Waals surface area contributed by atoms with Crippen LogP contribution in [0.25, 0.3) is 10.8 Å². The number of fused-ring (bicyclic) bond motifs is 2. The van der Waals surface area contributed by atoms with Crippen molar-refractivity contribution in [3.8, 4) is 11.5 Å². The Bertz CT molecular complexity index is 1280. The van der Waals surface area contributed by atoms with Crippen LogP contribution in [0.1, 0.15) is 41.1 Å². The zero-order valence-electron chi connectivity index (χ0n) is 17.9. The molecule has 0 spiro atoms. The van der Waals surface area contributed by atoms with Crippen LogP contribution < -0.4 is 14.4 Å². The largest absolute Gasteiger partial charge is 0.492 e. The molecule has 0 bridgehead atoms. The van der Waals surface area contributed by atoms with Gasteiger partial charge in [-0.2, -0.15) is 8.78 Å². The number of carbonyl (C=O) groups excluding carboxylic acids is 1. The average molecular weight is 475 g/mol. The molecular weight excluding hydrogens is 455 g/mol. The molecule has 0 aliphatic carbocycles. The first kappa shape index (κ1) is 23.4. The molecule has 1 aliphatic rings. The molecule has 1 unspecified atom stereocenters. The second kappa shape index (κ2) is 9.22. The van der Waals surface area contributed by atoms with Gasteiger partial charge in [0, 0.05) is 16.5 Å². The highest BCUT2D eigenvalue weighted by Gasteiger charge is 2.44. The quantitative estimate of drug-likeness (QED) is 0.493. The van der Waals surface area contributed by atoms with Crippen LogP contribution in [0.2, 0.25) is 0 Å². The Morgan fingerprint density at radius 1 is 1.15 bits per heavy atom. The van der Waals surface area contributed by atoms with Gasteiger partial charge in [0.15, 0.2) is 6.23 Å². The van der Waals surface area contributed by atoms with E-state index in [1.54, 1.807) is 18.2 Å². The van der Waals surface area contributed by atoms with Gasteiger partial charge in [0.2, 0.25) is 0 Å². The van der Waals surface area contributed by atoms with E-state index >= 15 is 0 Å². The number of rotatable bonds is 8. The third-order valence-corrected chi connectivity index (χ3v) is 5.41. The molecule has 1 heterocycles. The molecule has 178 valence electrons. The van der Waals surface area contributed by atoms with Crippen LogP contribution in [0.15, 0.2) is 42.5 Å². The van der Waals surface area contributed by atoms with Crippen molar-refractivity contribution in [1.29, 1.82) is 0 Å². The molecule has 34 heavy (non-hydrogen) atoms. The number of hydrogen-bond donors (Lipinski definition) is 2. The Hall–Kier alpha value is -3.79. The molecule has 0 aromatic heterocycles. The number of aliphatic hydroxyl groups is 1. The lowest BCUT2D eigenvalue weighted by Gasteiger charge is -2.22. The fourth-order valence-electron chi connectivity index (χ4n) is 4.03. The van der Waals surface area contributed by atoms with Crippen molar-refractivity contribution < 1.29 is 42.4 Å². The standard InChI is InChI=1S/C24H20F3NO6/c1-2-9-33-20-14-5-3-4-6-15(14)21(34-24(26)27)19-18(20)22(31)28(23(19)32)13-8-7-12(10-17(29)30)16(25)11-13/h3-8,11,23-24,32H,2,9-10H2,1H3,(H,29,30). The van der Waals surface area contributed by atoms with Crippen LogP contribution in [-0.2, 0) is 11.2 Å². The van der Waals surface area contributed by atoms with E-state index in [0.29, 0.717) is 11.8 Å². The van der Waals surface area contributed by atoms with Gasteiger partial charge < -0.3 is 19.7 Å². The molecule has 1 aliphatic heterocycles. The summed E-state index contributed by atoms with van der Waals surface area (Å²) in [5.41, 5.74) is -0.585. The van der Waals surface area contributed by atoms with Crippen molar-refractivity contribution in [2.45, 2.75) is 32.6 Å². The molecule has 7 nitrogen and oxygen atoms in total. The molecule has 1 amide bonds. The van der Waals surface area contributed by atoms with Gasteiger partial charge in [0.1, 0.15) is 17.3 Å². The third kappa shape index (κ3) is 4.01. The first-order chi connectivity index (χ1) is 16.2. The molecule has 4 rings (SSSR count). The number of hydrogen-bond acceptors (Lipinski definition) is 5. The SMILES string of the molecule is CCCOc1c2c(c(OC(F)F)c3ccccc13)C(O)N(c1ccc(CC(=O)O)c(F)c1)C2=O. The molecule has 0 radical (unpaired) electrons. The minimum Gasteiger partial charge on any atom is -0.492 e. The van der Waals surface area contributed by atoms with Crippen LogP contribution in [0, 0.1) is 5.82 Å². The summed E-state index contributed by atoms with van der Waals surface area (Å²) >= 11 is 0. The lowest BCUT2D eigenvalue weighted by Crippen LogP contribution is -2.28. The van der Waals surface area contributed by atoms with Crippen molar-refractivity contribution in [2.75, 3.05) is 11.5 Å². The van der Waals surface area contributed by atoms with Gasteiger partial charge in [-0.25, -0.2) is 4.39 Å². The number of aliphatic carboxylic acids is 1. The second-order valence-electron chi connectivity index (χ2n) is 7.61. The number of anilines is 1. The Kier molecular flexibility index (Phi) is 6.34. The van der Waals surface area contributed by atoms with Crippen molar-refractivity contribution in [1.82, 2.24) is 0 Å². The molecule has 0 fully saturated rings. The first-order valence-electron chi connectivity index (χ1n) is 10.4. The van der Waals surface area contributed by atoms with Crippen LogP contribution >= 0.6 is 0 Å². The number of carboxylic acid groups (broad SMARTS) is 1. The maximum absolute atomic E-state index is 14.5. The van der Waals surface area contributed by atoms with Crippen LogP contribution in [0.5, 0.6) is 11.5 Å². The number of halogens is 3. The predicted molar refractivity (Wildman–Crippen MR) is 116 cm³/mol. The molecule has 1 atom stereocenters. The Morgan fingerprint density at radius 2 is 1.82 bits per heavy atom. The summed E-state index contributed by atoms with van der Waals surface area (Å²) < 4.78 is 51.8. The topological polar surface area (TPSA) is 96.3 Å². The zero-order valence-corrected chi connectivity index (χ0v) is 17.9. The molecule has 10 heteroatoms. The van der Waals surface area contributed by atoms with Gasteiger partial charge in [0.05, 0.1) is 24.2 Å². The van der Waals surface area contributed by atoms with Gasteiger partial charge in [-0.15, -0.1) is 0 Å². The van der Waals surface area contributed by atoms with E-state index in [-0.39, 0.29) is 45.9 Å². The molecule has 2 N–H and O–H groups in total. The van der Waals surface area contributed by atoms with E-state index in [2.05, 4.69) is 0 Å². The number of carboxylic acids is 1. The van der Waals surface area contributed by atoms with Crippen molar-refractivity contribution >= 4 is 28.3 Å². The van der Waals surface area contributed by atoms with Crippen molar-refractivity contribution in [2.24, 2.45) is 0 Å². The monoisotopic (exact) mass is 475 g/mol. The highest BCUT2D eigenvalue weighted by Crippen LogP contribution is 2.50. The zero-order chi connectivity index (χ0) is 24.6. The summed E-state index contributed by atoms with van der Waals surface area (Å²) in [6.07, 6.45) is -1.76. The fourth-order valence-corrected chi connectivity index (χ4v) is 4.03. The Labute approximate surface area is 191 Å². The lowest BCUT2D eigenvalue weighted by molar-refractivity contribution is -0.136. The summed E-state index contributed by atoms with van der Waals surface area (Å²) in [6, 6.07) is 9.69. The number of ether oxygens (including phenoxy) is 2. The van der Waals surface area contributed by atoms with E-state index in [1.165, 1.54) is 18.2 Å². The number of amides is 1. The summed E-state index contributed by atoms with van der Waals surface area (Å²) in [5.74, 6) is -3.22. The molecular formula is C24H20F3NO6. The van der Waals surface area contributed by atoms with Gasteiger partial charge in [0.25, 0.3) is 5.91 Å².